The molecule has 5 heteroatoms. The summed E-state index contributed by atoms with van der Waals surface area (Å²) in [4.78, 5) is 11.6. The number of hydrogen-bond acceptors (Lipinski definition) is 3. The van der Waals surface area contributed by atoms with Gasteiger partial charge in [0.05, 0.1) is 12.2 Å². The van der Waals surface area contributed by atoms with Crippen molar-refractivity contribution in [2.45, 2.75) is 26.3 Å². The standard InChI is InChI=1S/C11H20N4O/c1-9(4-3-6-12)11(16)13-8-10-5-7-15(2)14-10/h5,7,9H,3-4,6,8,12H2,1-2H3,(H,13,16). The van der Waals surface area contributed by atoms with Crippen LogP contribution in [-0.2, 0) is 18.4 Å². The Hall–Kier alpha value is -1.36. The normalized spacial score (nSPS) is 12.4. The summed E-state index contributed by atoms with van der Waals surface area (Å²) in [6.45, 7) is 3.05. The zero-order valence-electron chi connectivity index (χ0n) is 9.94. The second-order valence-corrected chi connectivity index (χ2v) is 4.03. The zero-order valence-corrected chi connectivity index (χ0v) is 9.94. The fraction of sp³-hybridized carbons (Fsp3) is 0.636. The number of carbonyl (C=O) groups excluding carboxylic acids is 1. The van der Waals surface area contributed by atoms with Crippen LogP contribution in [0.3, 0.4) is 0 Å². The van der Waals surface area contributed by atoms with Gasteiger partial charge in [-0.25, -0.2) is 0 Å². The van der Waals surface area contributed by atoms with Crippen LogP contribution in [0.4, 0.5) is 0 Å². The lowest BCUT2D eigenvalue weighted by Crippen LogP contribution is -2.29. The van der Waals surface area contributed by atoms with Gasteiger partial charge in [-0.05, 0) is 25.5 Å². The number of aryl methyl sites for hydroxylation is 1. The van der Waals surface area contributed by atoms with Crippen LogP contribution < -0.4 is 11.1 Å². The van der Waals surface area contributed by atoms with E-state index in [4.69, 9.17) is 5.73 Å². The van der Waals surface area contributed by atoms with Gasteiger partial charge >= 0.3 is 0 Å². The maximum Gasteiger partial charge on any atom is 0.223 e. The van der Waals surface area contributed by atoms with Crippen LogP contribution in [0.15, 0.2) is 12.3 Å². The molecule has 1 atom stereocenters. The Balaban J connectivity index is 2.29. The molecule has 1 unspecified atom stereocenters. The predicted molar refractivity (Wildman–Crippen MR) is 62.5 cm³/mol. The first-order valence-corrected chi connectivity index (χ1v) is 5.59. The summed E-state index contributed by atoms with van der Waals surface area (Å²) in [6.07, 6.45) is 3.59. The molecule has 0 saturated heterocycles. The lowest BCUT2D eigenvalue weighted by Gasteiger charge is -2.10. The van der Waals surface area contributed by atoms with Crippen molar-refractivity contribution in [1.29, 1.82) is 0 Å². The van der Waals surface area contributed by atoms with Crippen molar-refractivity contribution in [2.75, 3.05) is 6.54 Å². The van der Waals surface area contributed by atoms with E-state index in [0.717, 1.165) is 18.5 Å². The first-order valence-electron chi connectivity index (χ1n) is 5.59. The van der Waals surface area contributed by atoms with Gasteiger partial charge < -0.3 is 11.1 Å². The van der Waals surface area contributed by atoms with Crippen LogP contribution >= 0.6 is 0 Å². The Bertz CT molecular complexity index is 334. The van der Waals surface area contributed by atoms with E-state index in [0.29, 0.717) is 13.1 Å². The number of rotatable bonds is 6. The van der Waals surface area contributed by atoms with Gasteiger partial charge in [0.1, 0.15) is 0 Å². The molecule has 0 aromatic carbocycles. The van der Waals surface area contributed by atoms with Gasteiger partial charge in [0.2, 0.25) is 5.91 Å². The zero-order chi connectivity index (χ0) is 12.0. The third kappa shape index (κ3) is 4.02. The molecule has 3 N–H and O–H groups in total. The van der Waals surface area contributed by atoms with E-state index in [9.17, 15) is 4.79 Å². The molecule has 0 aliphatic rings. The molecule has 0 saturated carbocycles. The summed E-state index contributed by atoms with van der Waals surface area (Å²) in [6, 6.07) is 1.89. The summed E-state index contributed by atoms with van der Waals surface area (Å²) in [5.74, 6) is 0.0892. The monoisotopic (exact) mass is 224 g/mol. The van der Waals surface area contributed by atoms with Gasteiger partial charge in [0.25, 0.3) is 0 Å². The number of hydrogen-bond donors (Lipinski definition) is 2. The molecule has 0 bridgehead atoms. The molecule has 90 valence electrons. The largest absolute Gasteiger partial charge is 0.350 e. The van der Waals surface area contributed by atoms with Crippen molar-refractivity contribution in [3.05, 3.63) is 18.0 Å². The predicted octanol–water partition coefficient (Wildman–Crippen LogP) is 0.411. The van der Waals surface area contributed by atoms with Crippen molar-refractivity contribution in [3.63, 3.8) is 0 Å². The van der Waals surface area contributed by atoms with Gasteiger partial charge in [0, 0.05) is 19.2 Å². The Morgan fingerprint density at radius 1 is 1.69 bits per heavy atom. The molecule has 0 aliphatic carbocycles. The van der Waals surface area contributed by atoms with E-state index in [-0.39, 0.29) is 11.8 Å². The summed E-state index contributed by atoms with van der Waals surface area (Å²) >= 11 is 0. The third-order valence-electron chi connectivity index (χ3n) is 2.50. The number of amides is 1. The van der Waals surface area contributed by atoms with E-state index in [1.54, 1.807) is 4.68 Å². The SMILES string of the molecule is CC(CCCN)C(=O)NCc1ccn(C)n1. The van der Waals surface area contributed by atoms with Crippen LogP contribution in [0.5, 0.6) is 0 Å². The number of nitrogens with zero attached hydrogens (tertiary/aromatic N) is 2. The highest BCUT2D eigenvalue weighted by Gasteiger charge is 2.11. The van der Waals surface area contributed by atoms with Crippen molar-refractivity contribution in [3.8, 4) is 0 Å². The van der Waals surface area contributed by atoms with E-state index in [2.05, 4.69) is 10.4 Å². The van der Waals surface area contributed by atoms with Gasteiger partial charge in [-0.1, -0.05) is 6.92 Å². The van der Waals surface area contributed by atoms with E-state index in [1.165, 1.54) is 0 Å². The van der Waals surface area contributed by atoms with Crippen molar-refractivity contribution in [1.82, 2.24) is 15.1 Å². The summed E-state index contributed by atoms with van der Waals surface area (Å²) in [5, 5.41) is 7.05. The number of nitrogens with two attached hydrogens (primary N) is 1. The van der Waals surface area contributed by atoms with E-state index >= 15 is 0 Å². The van der Waals surface area contributed by atoms with E-state index < -0.39 is 0 Å². The third-order valence-corrected chi connectivity index (χ3v) is 2.50. The quantitative estimate of drug-likeness (QED) is 0.735. The molecule has 1 amide bonds. The average molecular weight is 224 g/mol. The molecule has 1 aromatic rings. The number of carbonyl (C=O) groups is 1. The maximum absolute atomic E-state index is 11.6. The molecule has 0 radical (unpaired) electrons. The first kappa shape index (κ1) is 12.7. The summed E-state index contributed by atoms with van der Waals surface area (Å²) in [7, 11) is 1.86. The second kappa shape index (κ2) is 6.27. The maximum atomic E-state index is 11.6. The molecule has 0 spiro atoms. The second-order valence-electron chi connectivity index (χ2n) is 4.03. The Morgan fingerprint density at radius 2 is 2.44 bits per heavy atom. The lowest BCUT2D eigenvalue weighted by atomic mass is 10.1. The van der Waals surface area contributed by atoms with Gasteiger partial charge in [-0.3, -0.25) is 9.48 Å². The molecule has 1 aromatic heterocycles. The molecule has 0 aliphatic heterocycles. The molecular weight excluding hydrogens is 204 g/mol. The fourth-order valence-electron chi connectivity index (χ4n) is 1.46. The molecule has 1 heterocycles. The highest BCUT2D eigenvalue weighted by atomic mass is 16.1. The first-order chi connectivity index (χ1) is 7.63. The summed E-state index contributed by atoms with van der Waals surface area (Å²) < 4.78 is 1.72. The van der Waals surface area contributed by atoms with Crippen LogP contribution in [0.2, 0.25) is 0 Å². The van der Waals surface area contributed by atoms with Crippen molar-refractivity contribution < 1.29 is 4.79 Å². The molecular formula is C11H20N4O. The Labute approximate surface area is 96.0 Å². The number of aromatic nitrogens is 2. The van der Waals surface area contributed by atoms with E-state index in [1.807, 2.05) is 26.2 Å². The van der Waals surface area contributed by atoms with Crippen LogP contribution in [0, 0.1) is 5.92 Å². The molecule has 16 heavy (non-hydrogen) atoms. The van der Waals surface area contributed by atoms with Crippen LogP contribution in [0.25, 0.3) is 0 Å². The highest BCUT2D eigenvalue weighted by molar-refractivity contribution is 5.78. The molecule has 5 nitrogen and oxygen atoms in total. The van der Waals surface area contributed by atoms with Gasteiger partial charge in [0.15, 0.2) is 0 Å². The summed E-state index contributed by atoms with van der Waals surface area (Å²) in [5.41, 5.74) is 6.28. The smallest absolute Gasteiger partial charge is 0.223 e. The van der Waals surface area contributed by atoms with Crippen LogP contribution in [0.1, 0.15) is 25.5 Å². The topological polar surface area (TPSA) is 72.9 Å². The van der Waals surface area contributed by atoms with Crippen LogP contribution in [-0.4, -0.2) is 22.2 Å². The minimum Gasteiger partial charge on any atom is -0.350 e. The molecule has 0 fully saturated rings. The molecule has 1 rings (SSSR count). The van der Waals surface area contributed by atoms with Gasteiger partial charge in [-0.15, -0.1) is 0 Å². The minimum atomic E-state index is 0.0206. The van der Waals surface area contributed by atoms with Gasteiger partial charge in [-0.2, -0.15) is 5.10 Å². The lowest BCUT2D eigenvalue weighted by molar-refractivity contribution is -0.124. The van der Waals surface area contributed by atoms with Crippen molar-refractivity contribution in [2.24, 2.45) is 18.7 Å². The number of nitrogens with one attached hydrogen (secondary N) is 1. The average Bonchev–Trinajstić information content (AvgIpc) is 2.68. The Morgan fingerprint density at radius 3 is 3.00 bits per heavy atom. The van der Waals surface area contributed by atoms with Crippen molar-refractivity contribution >= 4 is 5.91 Å². The Kier molecular flexibility index (Phi) is 4.98. The minimum absolute atomic E-state index is 0.0206. The highest BCUT2D eigenvalue weighted by Crippen LogP contribution is 2.05. The fourth-order valence-corrected chi connectivity index (χ4v) is 1.46.